The van der Waals surface area contributed by atoms with E-state index in [2.05, 4.69) is 10.3 Å². The quantitative estimate of drug-likeness (QED) is 0.113. The Morgan fingerprint density at radius 2 is 1.22 bits per heavy atom. The lowest BCUT2D eigenvalue weighted by Crippen LogP contribution is -2.43. The molecule has 13 nitrogen and oxygen atoms in total. The second kappa shape index (κ2) is 14.3. The van der Waals surface area contributed by atoms with Crippen molar-refractivity contribution >= 4 is 37.4 Å². The highest BCUT2D eigenvalue weighted by Crippen LogP contribution is 2.35. The van der Waals surface area contributed by atoms with Gasteiger partial charge in [0.15, 0.2) is 0 Å². The number of esters is 1. The lowest BCUT2D eigenvalue weighted by atomic mass is 9.83. The van der Waals surface area contributed by atoms with Crippen LogP contribution < -0.4 is 5.73 Å². The third-order valence-electron chi connectivity index (χ3n) is 9.65. The van der Waals surface area contributed by atoms with Crippen LogP contribution in [0.1, 0.15) is 83.6 Å². The molecule has 2 saturated heterocycles. The molecule has 2 fully saturated rings. The molecule has 0 radical (unpaired) electrons. The number of hydrogen-bond donors (Lipinski definition) is 2. The van der Waals surface area contributed by atoms with Gasteiger partial charge in [0.25, 0.3) is 6.79 Å². The van der Waals surface area contributed by atoms with Crippen molar-refractivity contribution in [2.75, 3.05) is 33.0 Å². The van der Waals surface area contributed by atoms with E-state index in [1.54, 1.807) is 20.8 Å². The van der Waals surface area contributed by atoms with Gasteiger partial charge in [0.1, 0.15) is 17.5 Å². The van der Waals surface area contributed by atoms with Gasteiger partial charge in [0.2, 0.25) is 20.0 Å². The van der Waals surface area contributed by atoms with Crippen LogP contribution in [0.5, 0.6) is 0 Å². The SMILES string of the molecule is C[C@@H]1C[C@H](C)CN(S(=O)(=O)c2ccc3c(c2)C(=NOCOC(=O)C(N)C(C)(C)C)c2cc(S(=O)(=O)N4C[C@H](C)C[C@H](C)C4)ccc2C3=NO)C1. The fraction of sp³-hybridized carbons (Fsp3) is 0.571. The number of benzene rings is 2. The molecule has 5 rings (SSSR count). The Bertz CT molecular complexity index is 1770. The summed E-state index contributed by atoms with van der Waals surface area (Å²) in [6.45, 7) is 14.3. The van der Waals surface area contributed by atoms with Crippen LogP contribution in [0.25, 0.3) is 0 Å². The van der Waals surface area contributed by atoms with Crippen molar-refractivity contribution in [2.45, 2.75) is 77.1 Å². The molecular weight excluding hydrogens is 683 g/mol. The molecule has 3 aliphatic rings. The minimum Gasteiger partial charge on any atom is -0.424 e. The Morgan fingerprint density at radius 3 is 1.60 bits per heavy atom. The summed E-state index contributed by atoms with van der Waals surface area (Å²) in [7, 11) is -7.91. The van der Waals surface area contributed by atoms with Crippen molar-refractivity contribution in [1.29, 1.82) is 0 Å². The Labute approximate surface area is 295 Å². The Morgan fingerprint density at radius 1 is 0.800 bits per heavy atom. The van der Waals surface area contributed by atoms with Gasteiger partial charge in [-0.1, -0.05) is 70.9 Å². The van der Waals surface area contributed by atoms with Gasteiger partial charge in [-0.15, -0.1) is 0 Å². The number of hydrogen-bond acceptors (Lipinski definition) is 11. The zero-order chi connectivity index (χ0) is 36.8. The third kappa shape index (κ3) is 7.61. The summed E-state index contributed by atoms with van der Waals surface area (Å²) < 4.78 is 64.1. The summed E-state index contributed by atoms with van der Waals surface area (Å²) in [6.07, 6.45) is 1.84. The normalized spacial score (nSPS) is 24.2. The molecule has 2 heterocycles. The van der Waals surface area contributed by atoms with Gasteiger partial charge in [0.05, 0.1) is 9.79 Å². The summed E-state index contributed by atoms with van der Waals surface area (Å²) in [5, 5.41) is 18.1. The van der Waals surface area contributed by atoms with Crippen molar-refractivity contribution in [3.8, 4) is 0 Å². The minimum atomic E-state index is -3.95. The second-order valence-corrected chi connectivity index (χ2v) is 19.3. The molecule has 2 aromatic carbocycles. The summed E-state index contributed by atoms with van der Waals surface area (Å²) >= 11 is 0. The average Bonchev–Trinajstić information content (AvgIpc) is 3.03. The number of nitrogens with zero attached hydrogens (tertiary/aromatic N) is 4. The highest BCUT2D eigenvalue weighted by atomic mass is 32.2. The number of oxime groups is 2. The van der Waals surface area contributed by atoms with E-state index in [1.165, 1.54) is 45.0 Å². The van der Waals surface area contributed by atoms with Crippen molar-refractivity contribution in [3.05, 3.63) is 58.7 Å². The predicted octanol–water partition coefficient (Wildman–Crippen LogP) is 4.20. The lowest BCUT2D eigenvalue weighted by molar-refractivity contribution is -0.160. The molecule has 0 amide bonds. The van der Waals surface area contributed by atoms with E-state index in [0.29, 0.717) is 37.3 Å². The van der Waals surface area contributed by atoms with Crippen molar-refractivity contribution in [2.24, 2.45) is 45.1 Å². The second-order valence-electron chi connectivity index (χ2n) is 15.4. The minimum absolute atomic E-state index is 0.00589. The Balaban J connectivity index is 1.60. The smallest absolute Gasteiger partial charge is 0.326 e. The molecule has 274 valence electrons. The number of carbonyl (C=O) groups is 1. The molecule has 0 spiro atoms. The summed E-state index contributed by atoms with van der Waals surface area (Å²) in [5.41, 5.74) is 6.80. The Kier molecular flexibility index (Phi) is 10.9. The number of fused-ring (bicyclic) bond motifs is 2. The summed E-state index contributed by atoms with van der Waals surface area (Å²) in [6, 6.07) is 7.93. The standard InChI is InChI=1S/C35H49N5O8S2/c1-21-12-22(2)17-39(16-21)49(43,44)25-8-10-27-29(14-25)32(38-48-20-47-34(41)33(36)35(5,6)7)30-15-26(9-11-28(30)31(27)37-42)50(45,46)40-18-23(3)13-24(4)19-40/h8-11,14-15,21-24,33,42H,12-13,16-20,36H2,1-7H3/t21-,22+,23-,24+,33?. The van der Waals surface area contributed by atoms with Crippen LogP contribution in [0.15, 0.2) is 56.5 Å². The highest BCUT2D eigenvalue weighted by Gasteiger charge is 2.37. The molecule has 50 heavy (non-hydrogen) atoms. The van der Waals surface area contributed by atoms with Gasteiger partial charge in [-0.3, -0.25) is 4.79 Å². The zero-order valence-corrected chi connectivity index (χ0v) is 31.4. The van der Waals surface area contributed by atoms with E-state index in [-0.39, 0.29) is 56.0 Å². The number of nitrogens with two attached hydrogens (primary N) is 1. The monoisotopic (exact) mass is 731 g/mol. The molecule has 5 atom stereocenters. The fourth-order valence-corrected chi connectivity index (χ4v) is 10.6. The van der Waals surface area contributed by atoms with Gasteiger partial charge < -0.3 is 20.5 Å². The topological polar surface area (TPSA) is 181 Å². The molecule has 1 aliphatic carbocycles. The zero-order valence-electron chi connectivity index (χ0n) is 29.8. The summed E-state index contributed by atoms with van der Waals surface area (Å²) in [4.78, 5) is 18.0. The van der Waals surface area contributed by atoms with E-state index in [4.69, 9.17) is 15.3 Å². The molecule has 0 saturated carbocycles. The third-order valence-corrected chi connectivity index (χ3v) is 13.3. The van der Waals surface area contributed by atoms with Crippen LogP contribution in [0, 0.1) is 29.1 Å². The summed E-state index contributed by atoms with van der Waals surface area (Å²) in [5.74, 6) is 0.0109. The van der Waals surface area contributed by atoms with Crippen LogP contribution in [0.3, 0.4) is 0 Å². The van der Waals surface area contributed by atoms with Crippen LogP contribution >= 0.6 is 0 Å². The van der Waals surface area contributed by atoms with E-state index in [0.717, 1.165) is 12.8 Å². The van der Waals surface area contributed by atoms with Gasteiger partial charge in [-0.25, -0.2) is 16.8 Å². The van der Waals surface area contributed by atoms with Gasteiger partial charge in [-0.05, 0) is 66.2 Å². The van der Waals surface area contributed by atoms with Crippen LogP contribution in [0.4, 0.5) is 0 Å². The van der Waals surface area contributed by atoms with E-state index >= 15 is 0 Å². The van der Waals surface area contributed by atoms with Crippen LogP contribution in [0.2, 0.25) is 0 Å². The molecule has 2 aliphatic heterocycles. The molecule has 0 aromatic heterocycles. The molecule has 3 N–H and O–H groups in total. The first kappa shape index (κ1) is 37.9. The number of carbonyl (C=O) groups excluding carboxylic acids is 1. The van der Waals surface area contributed by atoms with Gasteiger partial charge in [0, 0.05) is 48.4 Å². The lowest BCUT2D eigenvalue weighted by Gasteiger charge is -2.34. The first-order chi connectivity index (χ1) is 23.3. The highest BCUT2D eigenvalue weighted by molar-refractivity contribution is 7.89. The first-order valence-corrected chi connectivity index (χ1v) is 19.9. The van der Waals surface area contributed by atoms with Crippen molar-refractivity contribution in [1.82, 2.24) is 8.61 Å². The molecule has 0 bridgehead atoms. The largest absolute Gasteiger partial charge is 0.424 e. The maximum atomic E-state index is 14.0. The van der Waals surface area contributed by atoms with E-state index in [9.17, 15) is 26.8 Å². The molecule has 2 aromatic rings. The predicted molar refractivity (Wildman–Crippen MR) is 189 cm³/mol. The van der Waals surface area contributed by atoms with E-state index in [1.807, 2.05) is 27.7 Å². The van der Waals surface area contributed by atoms with Gasteiger partial charge >= 0.3 is 5.97 Å². The van der Waals surface area contributed by atoms with Crippen molar-refractivity contribution < 1.29 is 36.4 Å². The van der Waals surface area contributed by atoms with E-state index < -0.39 is 44.3 Å². The molecule has 1 unspecified atom stereocenters. The van der Waals surface area contributed by atoms with Crippen LogP contribution in [-0.2, 0) is 34.4 Å². The number of sulfonamides is 2. The van der Waals surface area contributed by atoms with Crippen molar-refractivity contribution in [3.63, 3.8) is 0 Å². The molecule has 15 heteroatoms. The fourth-order valence-electron chi connectivity index (χ4n) is 7.19. The Hall–Kier alpha value is -3.37. The number of ether oxygens (including phenoxy) is 1. The number of piperidine rings is 2. The maximum absolute atomic E-state index is 14.0. The number of rotatable bonds is 8. The van der Waals surface area contributed by atoms with Crippen LogP contribution in [-0.4, -0.2) is 87.1 Å². The average molecular weight is 732 g/mol. The van der Waals surface area contributed by atoms with Gasteiger partial charge in [-0.2, -0.15) is 8.61 Å². The first-order valence-electron chi connectivity index (χ1n) is 17.0. The molecular formula is C35H49N5O8S2. The maximum Gasteiger partial charge on any atom is 0.326 e.